The monoisotopic (exact) mass is 514 g/mol. The van der Waals surface area contributed by atoms with Gasteiger partial charge in [0.1, 0.15) is 0 Å². The van der Waals surface area contributed by atoms with Crippen molar-refractivity contribution in [3.8, 4) is 0 Å². The average molecular weight is 516 g/mol. The molecule has 0 unspecified atom stereocenters. The Morgan fingerprint density at radius 2 is 0.364 bits per heavy atom. The number of hydrogen-bond donors (Lipinski definition) is 0. The Morgan fingerprint density at radius 3 is 0.364 bits per heavy atom. The third-order valence-electron chi connectivity index (χ3n) is 0. The van der Waals surface area contributed by atoms with E-state index in [-0.39, 0.29) is 61.2 Å². The Bertz CT molecular complexity index is 213. The molecule has 0 N–H and O–H groups in total. The van der Waals surface area contributed by atoms with E-state index in [1.165, 1.54) is 0 Å². The molecule has 0 fully saturated rings. The van der Waals surface area contributed by atoms with Crippen molar-refractivity contribution in [3.63, 3.8) is 0 Å². The molecule has 0 saturated heterocycles. The summed E-state index contributed by atoms with van der Waals surface area (Å²) in [5.74, 6) is 0. The SMILES string of the molecule is O=[N+]([O-])[O-].O=[N+]([O-])[O-].O=[N+]([O-])[O-].O=[N+]([O-])[O-].O=[N+]([O-])[O-].[Ce+3].[Zn+2]. The van der Waals surface area contributed by atoms with Gasteiger partial charge in [-0.05, 0) is 0 Å². The molecule has 0 aromatic heterocycles. The molecule has 0 aromatic carbocycles. The fourth-order valence-electron chi connectivity index (χ4n) is 0. The molecule has 0 aliphatic heterocycles. The van der Waals surface area contributed by atoms with Crippen LogP contribution in [0.15, 0.2) is 0 Å². The predicted octanol–water partition coefficient (Wildman–Crippen LogP) is -1.20. The number of rotatable bonds is 0. The van der Waals surface area contributed by atoms with Crippen molar-refractivity contribution < 1.29 is 86.7 Å². The normalized spacial score (nSPS) is 5.45. The summed E-state index contributed by atoms with van der Waals surface area (Å²) in [5.41, 5.74) is 0. The molecule has 0 saturated carbocycles. The summed E-state index contributed by atoms with van der Waals surface area (Å²) in [6.45, 7) is 0. The van der Waals surface area contributed by atoms with Crippen molar-refractivity contribution in [2.45, 2.75) is 0 Å². The number of nitrogens with zero attached hydrogens (tertiary/aromatic N) is 5. The van der Waals surface area contributed by atoms with Crippen molar-refractivity contribution in [3.05, 3.63) is 76.6 Å². The topological polar surface area (TPSA) is 331 Å². The van der Waals surface area contributed by atoms with Gasteiger partial charge in [-0.2, -0.15) is 0 Å². The smallest absolute Gasteiger partial charge is 0.356 e. The van der Waals surface area contributed by atoms with Crippen LogP contribution in [0.25, 0.3) is 0 Å². The van der Waals surface area contributed by atoms with Crippen molar-refractivity contribution >= 4 is 0 Å². The molecule has 20 nitrogen and oxygen atoms in total. The minimum absolute atomic E-state index is 0. The van der Waals surface area contributed by atoms with E-state index in [2.05, 4.69) is 0 Å². The summed E-state index contributed by atoms with van der Waals surface area (Å²) < 4.78 is 0. The molecule has 0 atom stereocenters. The third kappa shape index (κ3) is 1300. The standard InChI is InChI=1S/Ce.5NO3.Zn/c;5*2-1(3)4;/q+3;5*-1;+2. The van der Waals surface area contributed by atoms with Crippen molar-refractivity contribution in [2.75, 3.05) is 0 Å². The summed E-state index contributed by atoms with van der Waals surface area (Å²) >= 11 is 0. The molecule has 22 heavy (non-hydrogen) atoms. The predicted molar refractivity (Wildman–Crippen MR) is 51.8 cm³/mol. The molecule has 121 valence electrons. The minimum atomic E-state index is -1.75. The maximum absolute atomic E-state index is 8.25. The van der Waals surface area contributed by atoms with E-state index in [0.717, 1.165) is 0 Å². The van der Waals surface area contributed by atoms with Gasteiger partial charge in [0.05, 0.1) is 25.4 Å². The quantitative estimate of drug-likeness (QED) is 0.207. The third-order valence-corrected chi connectivity index (χ3v) is 0. The van der Waals surface area contributed by atoms with Crippen LogP contribution in [-0.2, 0) is 19.5 Å². The van der Waals surface area contributed by atoms with Gasteiger partial charge in [-0.25, -0.2) is 0 Å². The summed E-state index contributed by atoms with van der Waals surface area (Å²) in [7, 11) is 0. The Labute approximate surface area is 162 Å². The molecule has 0 heterocycles. The Balaban J connectivity index is -0.0000000250. The van der Waals surface area contributed by atoms with Crippen molar-refractivity contribution in [2.24, 2.45) is 0 Å². The molecule has 0 bridgehead atoms. The van der Waals surface area contributed by atoms with Gasteiger partial charge in [-0.1, -0.05) is 0 Å². The van der Waals surface area contributed by atoms with E-state index in [0.29, 0.717) is 0 Å². The molecule has 0 spiro atoms. The average Bonchev–Trinajstić information content (AvgIpc) is 1.94. The fraction of sp³-hybridized carbons (Fsp3) is 0. The summed E-state index contributed by atoms with van der Waals surface area (Å²) in [6.07, 6.45) is 0. The first-order valence-corrected chi connectivity index (χ1v) is 2.74. The number of hydrogen-bond acceptors (Lipinski definition) is 15. The molecule has 0 aromatic rings. The van der Waals surface area contributed by atoms with Crippen LogP contribution in [0.1, 0.15) is 0 Å². The summed E-state index contributed by atoms with van der Waals surface area (Å²) in [4.78, 5) is 41.2. The molecule has 0 aliphatic rings. The molecule has 0 aliphatic carbocycles. The second kappa shape index (κ2) is 36.4. The van der Waals surface area contributed by atoms with Gasteiger partial charge < -0.3 is 76.6 Å². The summed E-state index contributed by atoms with van der Waals surface area (Å²) in [5, 5.41) is 73.8. The molecular weight excluding hydrogens is 516 g/mol. The van der Waals surface area contributed by atoms with Gasteiger partial charge in [0, 0.05) is 0 Å². The molecule has 1 radical (unpaired) electrons. The van der Waals surface area contributed by atoms with Crippen molar-refractivity contribution in [1.82, 2.24) is 0 Å². The van der Waals surface area contributed by atoms with Crippen LogP contribution in [0.5, 0.6) is 0 Å². The first-order valence-electron chi connectivity index (χ1n) is 2.74. The van der Waals surface area contributed by atoms with Gasteiger partial charge in [0.25, 0.3) is 0 Å². The first kappa shape index (κ1) is 42.7. The molecule has 22 heteroatoms. The van der Waals surface area contributed by atoms with Crippen LogP contribution in [0.3, 0.4) is 0 Å². The fourth-order valence-corrected chi connectivity index (χ4v) is 0. The van der Waals surface area contributed by atoms with E-state index in [1.807, 2.05) is 0 Å². The zero-order chi connectivity index (χ0) is 17.9. The Hall–Kier alpha value is -2.00. The van der Waals surface area contributed by atoms with Crippen LogP contribution >= 0.6 is 0 Å². The largest absolute Gasteiger partial charge is 3.00 e. The maximum atomic E-state index is 8.25. The van der Waals surface area contributed by atoms with Gasteiger partial charge in [-0.3, -0.25) is 0 Å². The maximum Gasteiger partial charge on any atom is 3.00 e. The minimum Gasteiger partial charge on any atom is -0.356 e. The zero-order valence-electron chi connectivity index (χ0n) is 9.57. The second-order valence-corrected chi connectivity index (χ2v) is 1.12. The van der Waals surface area contributed by atoms with Gasteiger partial charge in [0.15, 0.2) is 0 Å². The summed E-state index contributed by atoms with van der Waals surface area (Å²) in [6, 6.07) is 0. The van der Waals surface area contributed by atoms with Gasteiger partial charge >= 0.3 is 61.2 Å². The van der Waals surface area contributed by atoms with E-state index in [4.69, 9.17) is 76.6 Å². The van der Waals surface area contributed by atoms with Crippen LogP contribution in [-0.4, -0.2) is 25.4 Å². The van der Waals surface area contributed by atoms with Crippen LogP contribution in [0.2, 0.25) is 0 Å². The Kier molecular flexibility index (Phi) is 70.7. The van der Waals surface area contributed by atoms with E-state index < -0.39 is 25.4 Å². The Morgan fingerprint density at radius 1 is 0.364 bits per heavy atom. The van der Waals surface area contributed by atoms with E-state index in [1.54, 1.807) is 0 Å². The zero-order valence-corrected chi connectivity index (χ0v) is 15.7. The first-order chi connectivity index (χ1) is 8.66. The molecule has 0 amide bonds. The van der Waals surface area contributed by atoms with E-state index in [9.17, 15) is 0 Å². The molecule has 0 rings (SSSR count). The van der Waals surface area contributed by atoms with Gasteiger partial charge in [0.2, 0.25) is 0 Å². The van der Waals surface area contributed by atoms with Crippen LogP contribution in [0.4, 0.5) is 0 Å². The van der Waals surface area contributed by atoms with E-state index >= 15 is 0 Å². The van der Waals surface area contributed by atoms with Crippen molar-refractivity contribution in [1.29, 1.82) is 0 Å². The van der Waals surface area contributed by atoms with Crippen LogP contribution < -0.4 is 0 Å². The molecular formula is CeN5O15Zn. The van der Waals surface area contributed by atoms with Gasteiger partial charge in [-0.15, -0.1) is 0 Å². The van der Waals surface area contributed by atoms with Crippen LogP contribution in [0, 0.1) is 118 Å². The second-order valence-electron chi connectivity index (χ2n) is 1.12.